The Bertz CT molecular complexity index is 524. The average Bonchev–Trinajstić information content (AvgIpc) is 2.73. The maximum atomic E-state index is 6.05. The number of rotatable bonds is 2. The minimum Gasteiger partial charge on any atom is -0.359 e. The van der Waals surface area contributed by atoms with Crippen LogP contribution in [0.4, 0.5) is 0 Å². The molecule has 0 saturated heterocycles. The first-order valence-electron chi connectivity index (χ1n) is 4.29. The second-order valence-electron chi connectivity index (χ2n) is 3.03. The first kappa shape index (κ1) is 12.1. The van der Waals surface area contributed by atoms with E-state index in [1.54, 1.807) is 18.2 Å². The zero-order chi connectivity index (χ0) is 11.7. The standard InChI is InChI=1S/C10H5Cl4NO/c11-4-5-3-8(15-16-5)9-6(12)1-2-7(13)10(9)14/h1-3H,4H2. The van der Waals surface area contributed by atoms with Crippen LogP contribution in [0.1, 0.15) is 5.76 Å². The second kappa shape index (κ2) is 4.84. The number of hydrogen-bond acceptors (Lipinski definition) is 2. The van der Waals surface area contributed by atoms with Gasteiger partial charge in [-0.25, -0.2) is 0 Å². The molecule has 6 heteroatoms. The summed E-state index contributed by atoms with van der Waals surface area (Å²) in [5.74, 6) is 0.784. The topological polar surface area (TPSA) is 26.0 Å². The van der Waals surface area contributed by atoms with Gasteiger partial charge >= 0.3 is 0 Å². The van der Waals surface area contributed by atoms with Gasteiger partial charge in [0.05, 0.1) is 20.9 Å². The molecule has 0 atom stereocenters. The molecular weight excluding hydrogens is 292 g/mol. The highest BCUT2D eigenvalue weighted by molar-refractivity contribution is 6.46. The molecule has 2 aromatic rings. The molecule has 1 heterocycles. The number of alkyl halides is 1. The van der Waals surface area contributed by atoms with Crippen LogP contribution >= 0.6 is 46.4 Å². The molecule has 1 aromatic heterocycles. The number of halogens is 4. The van der Waals surface area contributed by atoms with Crippen LogP contribution < -0.4 is 0 Å². The minimum atomic E-state index is 0.239. The summed E-state index contributed by atoms with van der Waals surface area (Å²) < 4.78 is 4.98. The number of nitrogens with zero attached hydrogens (tertiary/aromatic N) is 1. The van der Waals surface area contributed by atoms with Gasteiger partial charge in [-0.15, -0.1) is 11.6 Å². The summed E-state index contributed by atoms with van der Waals surface area (Å²) >= 11 is 23.6. The minimum absolute atomic E-state index is 0.239. The van der Waals surface area contributed by atoms with E-state index in [0.717, 1.165) is 0 Å². The van der Waals surface area contributed by atoms with E-state index in [9.17, 15) is 0 Å². The number of benzene rings is 1. The van der Waals surface area contributed by atoms with Gasteiger partial charge in [0.1, 0.15) is 5.69 Å². The lowest BCUT2D eigenvalue weighted by molar-refractivity contribution is 0.396. The largest absolute Gasteiger partial charge is 0.359 e. The smallest absolute Gasteiger partial charge is 0.152 e. The molecule has 0 aliphatic carbocycles. The van der Waals surface area contributed by atoms with Crippen molar-refractivity contribution in [1.29, 1.82) is 0 Å². The van der Waals surface area contributed by atoms with Gasteiger partial charge in [-0.3, -0.25) is 0 Å². The molecule has 84 valence electrons. The van der Waals surface area contributed by atoms with Gasteiger partial charge in [-0.2, -0.15) is 0 Å². The molecule has 0 spiro atoms. The predicted molar refractivity (Wildman–Crippen MR) is 66.5 cm³/mol. The third kappa shape index (κ3) is 2.16. The molecule has 0 fully saturated rings. The second-order valence-corrected chi connectivity index (χ2v) is 4.49. The van der Waals surface area contributed by atoms with Crippen LogP contribution in [0, 0.1) is 0 Å². The molecular formula is C10H5Cl4NO. The van der Waals surface area contributed by atoms with Crippen molar-refractivity contribution in [2.45, 2.75) is 5.88 Å². The summed E-state index contributed by atoms with van der Waals surface area (Å²) in [5.41, 5.74) is 1.07. The molecule has 0 unspecified atom stereocenters. The quantitative estimate of drug-likeness (QED) is 0.573. The molecule has 0 aliphatic rings. The Kier molecular flexibility index (Phi) is 3.65. The van der Waals surface area contributed by atoms with Crippen molar-refractivity contribution >= 4 is 46.4 Å². The van der Waals surface area contributed by atoms with Crippen LogP contribution in [0.2, 0.25) is 15.1 Å². The molecule has 2 nitrogen and oxygen atoms in total. The fourth-order valence-electron chi connectivity index (χ4n) is 1.26. The van der Waals surface area contributed by atoms with E-state index in [1.807, 2.05) is 0 Å². The lowest BCUT2D eigenvalue weighted by atomic mass is 10.1. The van der Waals surface area contributed by atoms with E-state index < -0.39 is 0 Å². The van der Waals surface area contributed by atoms with E-state index in [4.69, 9.17) is 50.9 Å². The first-order chi connectivity index (χ1) is 7.63. The summed E-state index contributed by atoms with van der Waals surface area (Å²) in [6, 6.07) is 4.95. The maximum Gasteiger partial charge on any atom is 0.152 e. The van der Waals surface area contributed by atoms with Crippen molar-refractivity contribution in [3.8, 4) is 11.3 Å². The van der Waals surface area contributed by atoms with Crippen LogP contribution in [0.25, 0.3) is 11.3 Å². The fraction of sp³-hybridized carbons (Fsp3) is 0.100. The molecule has 0 radical (unpaired) electrons. The SMILES string of the molecule is ClCc1cc(-c2c(Cl)ccc(Cl)c2Cl)no1. The van der Waals surface area contributed by atoms with E-state index in [0.29, 0.717) is 32.1 Å². The summed E-state index contributed by atoms with van der Waals surface area (Å²) in [7, 11) is 0. The zero-order valence-electron chi connectivity index (χ0n) is 7.81. The normalized spacial score (nSPS) is 10.8. The molecule has 16 heavy (non-hydrogen) atoms. The van der Waals surface area contributed by atoms with E-state index >= 15 is 0 Å². The Hall–Kier alpha value is -0.410. The van der Waals surface area contributed by atoms with E-state index in [-0.39, 0.29) is 5.88 Å². The highest BCUT2D eigenvalue weighted by Crippen LogP contribution is 2.38. The Labute approximate surface area is 112 Å². The van der Waals surface area contributed by atoms with E-state index in [2.05, 4.69) is 5.16 Å². The van der Waals surface area contributed by atoms with Gasteiger partial charge in [0.25, 0.3) is 0 Å². The monoisotopic (exact) mass is 295 g/mol. The van der Waals surface area contributed by atoms with Crippen LogP contribution in [-0.4, -0.2) is 5.16 Å². The van der Waals surface area contributed by atoms with Crippen LogP contribution in [0.15, 0.2) is 22.7 Å². The number of aromatic nitrogens is 1. The van der Waals surface area contributed by atoms with Gasteiger partial charge in [0, 0.05) is 11.6 Å². The van der Waals surface area contributed by atoms with Gasteiger partial charge in [0.2, 0.25) is 0 Å². The van der Waals surface area contributed by atoms with Crippen molar-refractivity contribution in [3.05, 3.63) is 39.0 Å². The average molecular weight is 297 g/mol. The highest BCUT2D eigenvalue weighted by Gasteiger charge is 2.15. The van der Waals surface area contributed by atoms with Crippen molar-refractivity contribution < 1.29 is 4.52 Å². The molecule has 2 rings (SSSR count). The summed E-state index contributed by atoms with van der Waals surface area (Å²) in [6.45, 7) is 0. The van der Waals surface area contributed by atoms with Crippen LogP contribution in [0.5, 0.6) is 0 Å². The van der Waals surface area contributed by atoms with Gasteiger partial charge in [0.15, 0.2) is 5.76 Å². The Balaban J connectivity index is 2.58. The third-order valence-electron chi connectivity index (χ3n) is 1.99. The zero-order valence-corrected chi connectivity index (χ0v) is 10.8. The Morgan fingerprint density at radius 1 is 1.12 bits per heavy atom. The fourth-order valence-corrected chi connectivity index (χ4v) is 2.10. The van der Waals surface area contributed by atoms with Crippen LogP contribution in [0.3, 0.4) is 0 Å². The lowest BCUT2D eigenvalue weighted by Crippen LogP contribution is -1.82. The predicted octanol–water partition coefficient (Wildman–Crippen LogP) is 5.04. The van der Waals surface area contributed by atoms with Crippen molar-refractivity contribution in [2.24, 2.45) is 0 Å². The molecule has 0 N–H and O–H groups in total. The molecule has 1 aromatic carbocycles. The summed E-state index contributed by atoms with van der Waals surface area (Å²) in [5, 5.41) is 5.06. The Morgan fingerprint density at radius 2 is 1.81 bits per heavy atom. The highest BCUT2D eigenvalue weighted by atomic mass is 35.5. The van der Waals surface area contributed by atoms with E-state index in [1.165, 1.54) is 0 Å². The first-order valence-corrected chi connectivity index (χ1v) is 5.95. The summed E-state index contributed by atoms with van der Waals surface area (Å²) in [6.07, 6.45) is 0. The molecule has 0 amide bonds. The van der Waals surface area contributed by atoms with Crippen LogP contribution in [-0.2, 0) is 5.88 Å². The lowest BCUT2D eigenvalue weighted by Gasteiger charge is -2.04. The van der Waals surface area contributed by atoms with Crippen molar-refractivity contribution in [3.63, 3.8) is 0 Å². The molecule has 0 saturated carbocycles. The van der Waals surface area contributed by atoms with Crippen molar-refractivity contribution in [2.75, 3.05) is 0 Å². The van der Waals surface area contributed by atoms with Gasteiger partial charge < -0.3 is 4.52 Å². The van der Waals surface area contributed by atoms with Gasteiger partial charge in [-0.1, -0.05) is 40.0 Å². The van der Waals surface area contributed by atoms with Crippen molar-refractivity contribution in [1.82, 2.24) is 5.16 Å². The maximum absolute atomic E-state index is 6.05. The summed E-state index contributed by atoms with van der Waals surface area (Å²) in [4.78, 5) is 0. The van der Waals surface area contributed by atoms with Gasteiger partial charge in [-0.05, 0) is 12.1 Å². The molecule has 0 bridgehead atoms. The Morgan fingerprint density at radius 3 is 2.44 bits per heavy atom. The number of hydrogen-bond donors (Lipinski definition) is 0. The third-order valence-corrected chi connectivity index (χ3v) is 3.37. The molecule has 0 aliphatic heterocycles.